The molecule has 0 bridgehead atoms. The van der Waals surface area contributed by atoms with Crippen LogP contribution in [0.3, 0.4) is 0 Å². The molecule has 2 rings (SSSR count). The fourth-order valence-corrected chi connectivity index (χ4v) is 2.66. The van der Waals surface area contributed by atoms with Gasteiger partial charge in [0.05, 0.1) is 18.9 Å². The number of methoxy groups -OCH3 is 1. The lowest BCUT2D eigenvalue weighted by molar-refractivity contribution is 0.0696. The molecule has 0 unspecified atom stereocenters. The second kappa shape index (κ2) is 5.21. The summed E-state index contributed by atoms with van der Waals surface area (Å²) in [5.74, 6) is -1.26. The van der Waals surface area contributed by atoms with E-state index in [1.807, 2.05) is 0 Å². The average Bonchev–Trinajstić information content (AvgIpc) is 2.89. The molecule has 8 nitrogen and oxygen atoms in total. The van der Waals surface area contributed by atoms with Crippen molar-refractivity contribution in [3.05, 3.63) is 36.2 Å². The Morgan fingerprint density at radius 1 is 1.45 bits per heavy atom. The first-order chi connectivity index (χ1) is 9.44. The largest absolute Gasteiger partial charge is 0.495 e. The van der Waals surface area contributed by atoms with E-state index < -0.39 is 16.0 Å². The molecule has 2 N–H and O–H groups in total. The zero-order valence-corrected chi connectivity index (χ0v) is 11.0. The van der Waals surface area contributed by atoms with E-state index in [0.29, 0.717) is 0 Å². The lowest BCUT2D eigenvalue weighted by Gasteiger charge is -2.10. The highest BCUT2D eigenvalue weighted by Gasteiger charge is 2.21. The number of carboxylic acid groups (broad SMARTS) is 1. The third-order valence-electron chi connectivity index (χ3n) is 2.38. The Bertz CT molecular complexity index is 723. The van der Waals surface area contributed by atoms with Crippen LogP contribution >= 0.6 is 0 Å². The van der Waals surface area contributed by atoms with Crippen molar-refractivity contribution in [2.24, 2.45) is 0 Å². The minimum atomic E-state index is -3.94. The smallest absolute Gasteiger partial charge is 0.335 e. The first-order valence-electron chi connectivity index (χ1n) is 5.27. The quantitative estimate of drug-likeness (QED) is 0.850. The van der Waals surface area contributed by atoms with Crippen LogP contribution in [0.4, 0.5) is 5.69 Å². The Hall–Kier alpha value is -2.55. The highest BCUT2D eigenvalue weighted by atomic mass is 32.2. The van der Waals surface area contributed by atoms with Gasteiger partial charge in [0, 0.05) is 0 Å². The molecule has 9 heteroatoms. The van der Waals surface area contributed by atoms with Gasteiger partial charge in [0.1, 0.15) is 22.6 Å². The predicted molar refractivity (Wildman–Crippen MR) is 67.3 cm³/mol. The summed E-state index contributed by atoms with van der Waals surface area (Å²) in [5, 5.41) is 12.2. The van der Waals surface area contributed by atoms with Crippen molar-refractivity contribution >= 4 is 21.7 Å². The molecule has 0 amide bonds. The average molecular weight is 298 g/mol. The maximum Gasteiger partial charge on any atom is 0.335 e. The van der Waals surface area contributed by atoms with Gasteiger partial charge in [-0.25, -0.2) is 13.2 Å². The van der Waals surface area contributed by atoms with Crippen molar-refractivity contribution in [2.75, 3.05) is 11.8 Å². The number of benzene rings is 1. The molecule has 0 saturated heterocycles. The first-order valence-corrected chi connectivity index (χ1v) is 6.76. The minimum Gasteiger partial charge on any atom is -0.495 e. The van der Waals surface area contributed by atoms with Crippen molar-refractivity contribution < 1.29 is 27.6 Å². The zero-order valence-electron chi connectivity index (χ0n) is 10.2. The fourth-order valence-electron chi connectivity index (χ4n) is 1.49. The van der Waals surface area contributed by atoms with Gasteiger partial charge >= 0.3 is 5.97 Å². The maximum absolute atomic E-state index is 12.2. The zero-order chi connectivity index (χ0) is 14.8. The van der Waals surface area contributed by atoms with Gasteiger partial charge in [0.2, 0.25) is 0 Å². The van der Waals surface area contributed by atoms with E-state index in [0.717, 1.165) is 18.4 Å². The van der Waals surface area contributed by atoms with Crippen LogP contribution in [0.1, 0.15) is 10.4 Å². The standard InChI is InChI=1S/C11H10N2O6S/c1-18-9-4-7(11(14)15)2-3-10(9)20(16,17)13-8-5-12-19-6-8/h2-6,13H,1H3,(H,14,15). The summed E-state index contributed by atoms with van der Waals surface area (Å²) < 4.78 is 36.0. The second-order valence-corrected chi connectivity index (χ2v) is 5.34. The lowest BCUT2D eigenvalue weighted by atomic mass is 10.2. The number of sulfonamides is 1. The highest BCUT2D eigenvalue weighted by molar-refractivity contribution is 7.92. The van der Waals surface area contributed by atoms with Gasteiger partial charge in [0.15, 0.2) is 0 Å². The molecule has 0 aliphatic rings. The molecule has 1 aromatic heterocycles. The topological polar surface area (TPSA) is 119 Å². The van der Waals surface area contributed by atoms with E-state index >= 15 is 0 Å². The minimum absolute atomic E-state index is 0.0751. The van der Waals surface area contributed by atoms with E-state index in [1.165, 1.54) is 19.4 Å². The van der Waals surface area contributed by atoms with E-state index in [-0.39, 0.29) is 21.9 Å². The summed E-state index contributed by atoms with van der Waals surface area (Å²) in [6.07, 6.45) is 2.31. The Kier molecular flexibility index (Phi) is 3.61. The van der Waals surface area contributed by atoms with Crippen molar-refractivity contribution in [1.29, 1.82) is 0 Å². The van der Waals surface area contributed by atoms with E-state index in [4.69, 9.17) is 9.84 Å². The van der Waals surface area contributed by atoms with Crippen molar-refractivity contribution in [1.82, 2.24) is 5.16 Å². The van der Waals surface area contributed by atoms with Crippen LogP contribution in [0, 0.1) is 0 Å². The van der Waals surface area contributed by atoms with E-state index in [9.17, 15) is 13.2 Å². The summed E-state index contributed by atoms with van der Waals surface area (Å²) in [4.78, 5) is 10.7. The molecule has 106 valence electrons. The van der Waals surface area contributed by atoms with Crippen LogP contribution in [0.15, 0.2) is 40.1 Å². The lowest BCUT2D eigenvalue weighted by Crippen LogP contribution is -2.14. The van der Waals surface area contributed by atoms with Crippen LogP contribution in [-0.2, 0) is 10.0 Å². The predicted octanol–water partition coefficient (Wildman–Crippen LogP) is 1.18. The van der Waals surface area contributed by atoms with Gasteiger partial charge in [-0.2, -0.15) is 0 Å². The normalized spacial score (nSPS) is 11.1. The van der Waals surface area contributed by atoms with Crippen LogP contribution in [0.5, 0.6) is 5.75 Å². The first kappa shape index (κ1) is 13.9. The Balaban J connectivity index is 2.43. The number of aromatic carboxylic acids is 1. The van der Waals surface area contributed by atoms with E-state index in [2.05, 4.69) is 14.4 Å². The SMILES string of the molecule is COc1cc(C(=O)O)ccc1S(=O)(=O)Nc1cnoc1. The molecule has 1 aromatic carbocycles. The number of nitrogens with zero attached hydrogens (tertiary/aromatic N) is 1. The van der Waals surface area contributed by atoms with Crippen LogP contribution in [-0.4, -0.2) is 31.8 Å². The van der Waals surface area contributed by atoms with Crippen molar-refractivity contribution in [3.8, 4) is 5.75 Å². The molecule has 0 aliphatic heterocycles. The van der Waals surface area contributed by atoms with Crippen LogP contribution in [0.25, 0.3) is 0 Å². The summed E-state index contributed by atoms with van der Waals surface area (Å²) in [6.45, 7) is 0. The summed E-state index contributed by atoms with van der Waals surface area (Å²) in [7, 11) is -2.69. The molecule has 0 spiro atoms. The molecular weight excluding hydrogens is 288 g/mol. The van der Waals surface area contributed by atoms with Gasteiger partial charge < -0.3 is 14.4 Å². The summed E-state index contributed by atoms with van der Waals surface area (Å²) in [5.41, 5.74) is 0.0696. The Morgan fingerprint density at radius 3 is 2.75 bits per heavy atom. The summed E-state index contributed by atoms with van der Waals surface area (Å²) in [6, 6.07) is 3.45. The number of hydrogen-bond donors (Lipinski definition) is 2. The Morgan fingerprint density at radius 2 is 2.20 bits per heavy atom. The van der Waals surface area contributed by atoms with Gasteiger partial charge in [-0.3, -0.25) is 4.72 Å². The number of carboxylic acids is 1. The van der Waals surface area contributed by atoms with Gasteiger partial charge in [0.25, 0.3) is 10.0 Å². The number of anilines is 1. The van der Waals surface area contributed by atoms with Gasteiger partial charge in [-0.05, 0) is 18.2 Å². The molecule has 0 radical (unpaired) electrons. The Labute approximate surface area is 114 Å². The second-order valence-electron chi connectivity index (χ2n) is 3.69. The molecule has 0 fully saturated rings. The molecular formula is C11H10N2O6S. The number of rotatable bonds is 5. The molecule has 2 aromatic rings. The third-order valence-corrected chi connectivity index (χ3v) is 3.81. The van der Waals surface area contributed by atoms with Gasteiger partial charge in [-0.15, -0.1) is 0 Å². The highest BCUT2D eigenvalue weighted by Crippen LogP contribution is 2.26. The number of aromatic nitrogens is 1. The molecule has 20 heavy (non-hydrogen) atoms. The molecule has 0 saturated carbocycles. The number of hydrogen-bond acceptors (Lipinski definition) is 6. The number of carbonyl (C=O) groups is 1. The number of ether oxygens (including phenoxy) is 1. The van der Waals surface area contributed by atoms with Gasteiger partial charge in [-0.1, -0.05) is 5.16 Å². The molecule has 1 heterocycles. The summed E-state index contributed by atoms with van der Waals surface area (Å²) >= 11 is 0. The van der Waals surface area contributed by atoms with Crippen molar-refractivity contribution in [2.45, 2.75) is 4.90 Å². The monoisotopic (exact) mass is 298 g/mol. The maximum atomic E-state index is 12.2. The number of nitrogens with one attached hydrogen (secondary N) is 1. The third kappa shape index (κ3) is 2.72. The molecule has 0 aliphatic carbocycles. The fraction of sp³-hybridized carbons (Fsp3) is 0.0909. The van der Waals surface area contributed by atoms with Crippen LogP contribution < -0.4 is 9.46 Å². The molecule has 0 atom stereocenters. The van der Waals surface area contributed by atoms with Crippen molar-refractivity contribution in [3.63, 3.8) is 0 Å². The van der Waals surface area contributed by atoms with E-state index in [1.54, 1.807) is 0 Å². The van der Waals surface area contributed by atoms with Crippen LogP contribution in [0.2, 0.25) is 0 Å².